The fourth-order valence-corrected chi connectivity index (χ4v) is 12.2. The molecule has 0 fully saturated rings. The number of phenols is 9. The maximum atomic E-state index is 12.4. The zero-order chi connectivity index (χ0) is 63.6. The van der Waals surface area contributed by atoms with Crippen LogP contribution in [-0.4, -0.2) is 62.5 Å². The van der Waals surface area contributed by atoms with E-state index in [9.17, 15) is 61.0 Å². The molecule has 0 atom stereocenters. The molecule has 0 saturated carbocycles. The van der Waals surface area contributed by atoms with Crippen LogP contribution in [0.25, 0.3) is 0 Å². The Morgan fingerprint density at radius 1 is 0.303 bits per heavy atom. The number of carbonyl (C=O) groups is 1. The van der Waals surface area contributed by atoms with Crippen LogP contribution in [0.3, 0.4) is 0 Å². The van der Waals surface area contributed by atoms with E-state index < -0.39 is 0 Å². The highest BCUT2D eigenvalue weighted by Gasteiger charge is 2.23. The number of aliphatic hydroxyl groups excluding tert-OH is 2. The second-order valence-corrected chi connectivity index (χ2v) is 23.4. The summed E-state index contributed by atoms with van der Waals surface area (Å²) in [7, 11) is 0. The molecule has 0 aliphatic heterocycles. The lowest BCUT2D eigenvalue weighted by molar-refractivity contribution is -0.107. The number of aldehydes is 1. The Labute approximate surface area is 520 Å². The Morgan fingerprint density at radius 2 is 0.562 bits per heavy atom. The van der Waals surface area contributed by atoms with Gasteiger partial charge in [-0.25, -0.2) is 0 Å². The Balaban J connectivity index is 1.07. The average molecular weight is 1200 g/mol. The zero-order valence-corrected chi connectivity index (χ0v) is 51.3. The average Bonchev–Trinajstić information content (AvgIpc) is 2.09. The van der Waals surface area contributed by atoms with E-state index in [1.165, 1.54) is 0 Å². The summed E-state index contributed by atoms with van der Waals surface area (Å²) in [6.45, 7) is 9.11. The summed E-state index contributed by atoms with van der Waals surface area (Å²) < 4.78 is 6.42. The molecule has 462 valence electrons. The molecule has 0 aliphatic rings. The first kappa shape index (κ1) is 64.2. The van der Waals surface area contributed by atoms with Gasteiger partial charge in [0.2, 0.25) is 0 Å². The lowest BCUT2D eigenvalue weighted by atomic mass is 9.89. The van der Waals surface area contributed by atoms with Crippen LogP contribution in [0.15, 0.2) is 127 Å². The predicted octanol–water partition coefficient (Wildman–Crippen LogP) is 13.2. The Bertz CT molecular complexity index is 4070. The van der Waals surface area contributed by atoms with Crippen molar-refractivity contribution in [1.82, 2.24) is 0 Å². The second kappa shape index (κ2) is 28.7. The molecular formula is C76H80O13. The molecule has 0 spiro atoms. The molecule has 11 N–H and O–H groups in total. The highest BCUT2D eigenvalue weighted by molar-refractivity contribution is 5.61. The van der Waals surface area contributed by atoms with Crippen LogP contribution >= 0.6 is 0 Å². The topological polar surface area (TPSA) is 249 Å². The molecule has 0 aliphatic carbocycles. The molecule has 9 aromatic carbocycles. The van der Waals surface area contributed by atoms with Gasteiger partial charge >= 0.3 is 0 Å². The number of aromatic hydroxyl groups is 9. The Morgan fingerprint density at radius 3 is 0.910 bits per heavy atom. The third-order valence-electron chi connectivity index (χ3n) is 17.1. The van der Waals surface area contributed by atoms with Crippen molar-refractivity contribution in [2.75, 3.05) is 0 Å². The summed E-state index contributed by atoms with van der Waals surface area (Å²) in [5.74, 6) is 0.0518. The van der Waals surface area contributed by atoms with E-state index >= 15 is 0 Å². The number of aliphatic hydroxyl groups is 2. The molecule has 13 heteroatoms. The molecule has 0 radical (unpaired) electrons. The van der Waals surface area contributed by atoms with Crippen LogP contribution < -0.4 is 0 Å². The normalized spacial score (nSPS) is 11.4. The number of benzene rings is 9. The maximum Gasteiger partial charge on any atom is 0.124 e. The molecule has 0 heterocycles. The van der Waals surface area contributed by atoms with Crippen LogP contribution in [0.4, 0.5) is 0 Å². The van der Waals surface area contributed by atoms with Gasteiger partial charge in [0.1, 0.15) is 58.0 Å². The van der Waals surface area contributed by atoms with Crippen LogP contribution in [0.2, 0.25) is 0 Å². The van der Waals surface area contributed by atoms with Crippen LogP contribution in [-0.2, 0) is 113 Å². The smallest absolute Gasteiger partial charge is 0.124 e. The van der Waals surface area contributed by atoms with Crippen molar-refractivity contribution in [2.24, 2.45) is 0 Å². The van der Waals surface area contributed by atoms with Gasteiger partial charge in [0, 0.05) is 72.8 Å². The lowest BCUT2D eigenvalue weighted by Gasteiger charge is -2.19. The van der Waals surface area contributed by atoms with Crippen molar-refractivity contribution in [3.63, 3.8) is 0 Å². The molecule has 9 aromatic rings. The number of para-hydroxylation sites is 3. The van der Waals surface area contributed by atoms with Gasteiger partial charge in [0.15, 0.2) is 0 Å². The Kier molecular flexibility index (Phi) is 20.7. The number of hydrogen-bond acceptors (Lipinski definition) is 13. The van der Waals surface area contributed by atoms with Crippen molar-refractivity contribution in [1.29, 1.82) is 0 Å². The van der Waals surface area contributed by atoms with Crippen LogP contribution in [0.1, 0.15) is 161 Å². The number of hydrogen-bond donors (Lipinski definition) is 11. The second-order valence-electron chi connectivity index (χ2n) is 23.4. The quantitative estimate of drug-likeness (QED) is 0.0226. The first-order chi connectivity index (χ1) is 42.9. The van der Waals surface area contributed by atoms with Crippen molar-refractivity contribution in [2.45, 2.75) is 138 Å². The standard InChI is InChI=1S/C76H80O13/c1-6-45-25-60(35-53-15-11-17-55(40-78)70(53)82)73(85)62(26-45)37-57-21-44(5)22-58(72(57)84)38-65-32-49(33-67(76(65)88)43-89-42-66-29-47(8-3)28-61(75(66)87)36-54-16-12-18-56(41-79)71(54)83)23-48-30-50(9-4)68(80)64(31-48)39-63-27-46(7-2)24-59(74(63)86)34-52-14-10-13-51(19-20-77)69(52)81/h10-18,20-22,24-33,78-88H,6-9,19,23,34-43H2,1-5H3. The van der Waals surface area contributed by atoms with Gasteiger partial charge in [-0.3, -0.25) is 0 Å². The SMILES string of the molecule is CCc1cc(COCc2cc(Cc3cc(CC)c(O)c(Cc4cc(CC)cc(Cc5cccc(CC=O)c5O)c4O)c3)cc(Cc3cc(C)cc(Cc4cc(CC)cc(Cc5cccc(CO)c5O)c4O)c3O)c2O)c(O)c(Cc2cccc(CO)c2O)c1. The predicted molar refractivity (Wildman–Crippen MR) is 345 cm³/mol. The highest BCUT2D eigenvalue weighted by Crippen LogP contribution is 2.41. The van der Waals surface area contributed by atoms with Crippen molar-refractivity contribution < 1.29 is 65.7 Å². The monoisotopic (exact) mass is 1200 g/mol. The van der Waals surface area contributed by atoms with Gasteiger partial charge in [-0.2, -0.15) is 0 Å². The van der Waals surface area contributed by atoms with Crippen molar-refractivity contribution >= 4 is 6.29 Å². The molecule has 0 aromatic heterocycles. The maximum absolute atomic E-state index is 12.4. The summed E-state index contributed by atoms with van der Waals surface area (Å²) in [5.41, 5.74) is 15.0. The van der Waals surface area contributed by atoms with Crippen molar-refractivity contribution in [3.8, 4) is 51.7 Å². The first-order valence-corrected chi connectivity index (χ1v) is 30.5. The molecule has 0 saturated heterocycles. The van der Waals surface area contributed by atoms with Gasteiger partial charge < -0.3 is 65.7 Å². The summed E-state index contributed by atoms with van der Waals surface area (Å²) in [6, 6.07) is 38.3. The minimum Gasteiger partial charge on any atom is -0.507 e. The van der Waals surface area contributed by atoms with E-state index in [1.54, 1.807) is 54.6 Å². The molecule has 9 rings (SSSR count). The van der Waals surface area contributed by atoms with Gasteiger partial charge in [-0.1, -0.05) is 149 Å². The lowest BCUT2D eigenvalue weighted by Crippen LogP contribution is -2.04. The molecule has 13 nitrogen and oxygen atoms in total. The number of ether oxygens (including phenoxy) is 1. The van der Waals surface area contributed by atoms with E-state index in [4.69, 9.17) is 4.74 Å². The third-order valence-corrected chi connectivity index (χ3v) is 17.1. The fraction of sp³-hybridized carbons (Fsp3) is 0.276. The number of rotatable bonds is 26. The van der Waals surface area contributed by atoms with E-state index in [2.05, 4.69) is 0 Å². The van der Waals surface area contributed by atoms with E-state index in [1.807, 2.05) is 107 Å². The van der Waals surface area contributed by atoms with E-state index in [-0.39, 0.29) is 123 Å². The largest absolute Gasteiger partial charge is 0.507 e. The van der Waals surface area contributed by atoms with Gasteiger partial charge in [-0.15, -0.1) is 0 Å². The number of phenolic OH excluding ortho intramolecular Hbond substituents is 7. The number of carbonyl (C=O) groups excluding carboxylic acids is 1. The van der Waals surface area contributed by atoms with E-state index in [0.717, 1.165) is 39.7 Å². The molecule has 0 amide bonds. The highest BCUT2D eigenvalue weighted by atomic mass is 16.5. The minimum absolute atomic E-state index is 0.000484. The molecular weight excluding hydrogens is 1120 g/mol. The fourth-order valence-electron chi connectivity index (χ4n) is 12.2. The molecule has 0 unspecified atom stereocenters. The van der Waals surface area contributed by atoms with Crippen LogP contribution in [0.5, 0.6) is 51.7 Å². The molecule has 89 heavy (non-hydrogen) atoms. The summed E-state index contributed by atoms with van der Waals surface area (Å²) >= 11 is 0. The third kappa shape index (κ3) is 14.7. The minimum atomic E-state index is -0.339. The van der Waals surface area contributed by atoms with Crippen molar-refractivity contribution in [3.05, 3.63) is 261 Å². The van der Waals surface area contributed by atoms with Crippen LogP contribution in [0, 0.1) is 6.92 Å². The Hall–Kier alpha value is -9.27. The summed E-state index contributed by atoms with van der Waals surface area (Å²) in [4.78, 5) is 11.4. The van der Waals surface area contributed by atoms with E-state index in [0.29, 0.717) is 132 Å². The number of aryl methyl sites for hydroxylation is 5. The zero-order valence-electron chi connectivity index (χ0n) is 51.3. The van der Waals surface area contributed by atoms with Gasteiger partial charge in [-0.05, 0) is 151 Å². The van der Waals surface area contributed by atoms with Gasteiger partial charge in [0.25, 0.3) is 0 Å². The van der Waals surface area contributed by atoms with Gasteiger partial charge in [0.05, 0.1) is 26.4 Å². The first-order valence-electron chi connectivity index (χ1n) is 30.5. The summed E-state index contributed by atoms with van der Waals surface area (Å²) in [5, 5.41) is 125. The molecule has 0 bridgehead atoms. The summed E-state index contributed by atoms with van der Waals surface area (Å²) in [6.07, 6.45) is 4.64.